The van der Waals surface area contributed by atoms with Gasteiger partial charge in [0.1, 0.15) is 32.9 Å². The number of nitrogens with one attached hydrogen (secondary N) is 4. The van der Waals surface area contributed by atoms with E-state index in [0.717, 1.165) is 29.0 Å². The molecule has 0 unspecified atom stereocenters. The summed E-state index contributed by atoms with van der Waals surface area (Å²) in [6.45, 7) is 57.9. The van der Waals surface area contributed by atoms with Gasteiger partial charge in [-0.15, -0.1) is 40.8 Å². The van der Waals surface area contributed by atoms with Crippen LogP contribution < -0.4 is 55.2 Å². The molecular weight excluding hydrogens is 1510 g/mol. The molecular formula is C69H159Cl4N12NaSi6Zr2. The second-order valence-electron chi connectivity index (χ2n) is 26.4. The summed E-state index contributed by atoms with van der Waals surface area (Å²) in [6, 6.07) is 6.52. The molecule has 0 spiro atoms. The largest absolute Gasteiger partial charge is 4.00 e. The molecule has 94 heavy (non-hydrogen) atoms. The first-order valence-electron chi connectivity index (χ1n) is 31.6. The minimum atomic E-state index is -1.39. The van der Waals surface area contributed by atoms with Crippen molar-refractivity contribution in [1.29, 1.82) is 0 Å². The van der Waals surface area contributed by atoms with E-state index in [-0.39, 0.29) is 93.7 Å². The molecule has 12 nitrogen and oxygen atoms in total. The Kier molecular flexibility index (Phi) is 150. The van der Waals surface area contributed by atoms with Gasteiger partial charge in [-0.2, -0.15) is 95.7 Å². The van der Waals surface area contributed by atoms with Crippen LogP contribution in [0.1, 0.15) is 134 Å². The Morgan fingerprint density at radius 1 is 0.457 bits per heavy atom. The average Bonchev–Trinajstić information content (AvgIpc) is 3.88. The fourth-order valence-corrected chi connectivity index (χ4v) is 18.2. The van der Waals surface area contributed by atoms with Crippen LogP contribution >= 0.6 is 45.9 Å². The van der Waals surface area contributed by atoms with Crippen molar-refractivity contribution in [3.05, 3.63) is 50.7 Å². The van der Waals surface area contributed by atoms with Crippen LogP contribution in [0.25, 0.3) is 36.9 Å². The van der Waals surface area contributed by atoms with Gasteiger partial charge in [0.05, 0.1) is 0 Å². The van der Waals surface area contributed by atoms with E-state index in [0.29, 0.717) is 41.8 Å². The Bertz CT molecular complexity index is 1730. The summed E-state index contributed by atoms with van der Waals surface area (Å²) in [5, 5.41) is 21.0. The zero-order valence-corrected chi connectivity index (χ0v) is 85.3. The monoisotopic (exact) mass is 1670 g/mol. The number of nitrogens with zero attached hydrogens (tertiary/aromatic N) is 7. The summed E-state index contributed by atoms with van der Waals surface area (Å²) in [7, 11) is 13.3. The normalized spacial score (nSPS) is 10.4. The first-order chi connectivity index (χ1) is 41.1. The maximum Gasteiger partial charge on any atom is 4.00 e. The van der Waals surface area contributed by atoms with Gasteiger partial charge < -0.3 is 76.4 Å². The van der Waals surface area contributed by atoms with Gasteiger partial charge in [-0.1, -0.05) is 225 Å². The van der Waals surface area contributed by atoms with Gasteiger partial charge in [-0.25, -0.2) is 5.92 Å². The Morgan fingerprint density at radius 2 is 0.670 bits per heavy atom. The van der Waals surface area contributed by atoms with Crippen molar-refractivity contribution < 1.29 is 86.2 Å². The molecule has 0 aromatic rings. The van der Waals surface area contributed by atoms with Gasteiger partial charge in [-0.05, 0) is 80.6 Å². The standard InChI is InChI=1S/C11H24NSi.2C11H19NSi.2C6H16ClNSi.C5H3.C3H8Cl2Si.C3H9N.6C2H6N.CH3.Na.2Zr.3H2/c1-10(2)12-13(3,4)9-11-7-5-6-8-11;2*1-6-7-8-9-10-13(4,5)12-11(2)3;2*1-6(2)8-9(3,4)5-7;1-3-5-4-2;1-6(2,5)3-4;1-3(2)4;6*1-3-2;;;;;;;/h10-11H,5-9H2,1-4H3;2*11-12H,10H2,1-5H3;2*6,8H,5H2,1-4H3;1H3;3H2,1-2H3;3H,4H2,1-2H3;6*1-2H3;1H3;;;;3*1H/q-1;;;;;-1;;;7*-1;+1;2*+4;;;. The minimum absolute atomic E-state index is 0. The first kappa shape index (κ1) is 139. The summed E-state index contributed by atoms with van der Waals surface area (Å²) in [6.07, 6.45) is 12.1. The van der Waals surface area contributed by atoms with E-state index >= 15 is 0 Å². The summed E-state index contributed by atoms with van der Waals surface area (Å²) in [5.41, 5.74) is 7.35. The summed E-state index contributed by atoms with van der Waals surface area (Å²) in [4.78, 5) is 19.0. The number of nitrogens with two attached hydrogens (primary N) is 1. The number of hydrogen-bond acceptors (Lipinski definition) is 5. The topological polar surface area (TPSA) is 173 Å². The van der Waals surface area contributed by atoms with Crippen LogP contribution in [-0.4, -0.2) is 186 Å². The summed E-state index contributed by atoms with van der Waals surface area (Å²) in [5.74, 6) is 30.6. The fourth-order valence-electron chi connectivity index (χ4n) is 6.78. The zero-order valence-electron chi connectivity index (χ0n) is 69.3. The third-order valence-electron chi connectivity index (χ3n) is 8.37. The third kappa shape index (κ3) is 199. The smallest absolute Gasteiger partial charge is 0.668 e. The molecule has 0 atom stereocenters. The van der Waals surface area contributed by atoms with Crippen LogP contribution in [0.2, 0.25) is 96.7 Å². The molecule has 0 aromatic heterocycles. The van der Waals surface area contributed by atoms with Gasteiger partial charge in [0, 0.05) is 32.9 Å². The molecule has 0 aromatic carbocycles. The van der Waals surface area contributed by atoms with Crippen molar-refractivity contribution in [2.75, 3.05) is 101 Å². The van der Waals surface area contributed by atoms with E-state index in [4.69, 9.17) is 63.0 Å². The average molecular weight is 1670 g/mol. The van der Waals surface area contributed by atoms with Crippen LogP contribution in [0.4, 0.5) is 0 Å². The molecule has 0 heterocycles. The molecule has 6 N–H and O–H groups in total. The molecule has 0 saturated heterocycles. The van der Waals surface area contributed by atoms with Crippen LogP contribution in [-0.2, 0) is 52.4 Å². The quantitative estimate of drug-likeness (QED) is 0.0320. The van der Waals surface area contributed by atoms with E-state index < -0.39 is 48.6 Å². The van der Waals surface area contributed by atoms with Gasteiger partial charge >= 0.3 is 82.0 Å². The number of halogens is 4. The van der Waals surface area contributed by atoms with Crippen LogP contribution in [0, 0.1) is 84.9 Å². The van der Waals surface area contributed by atoms with Crippen molar-refractivity contribution in [2.24, 2.45) is 11.7 Å². The van der Waals surface area contributed by atoms with Gasteiger partial charge in [0.25, 0.3) is 0 Å². The Labute approximate surface area is 684 Å². The summed E-state index contributed by atoms with van der Waals surface area (Å²) < 4.78 is 0. The van der Waals surface area contributed by atoms with Crippen LogP contribution in [0.3, 0.4) is 0 Å². The van der Waals surface area contributed by atoms with E-state index in [2.05, 4.69) is 246 Å². The maximum absolute atomic E-state index is 6.18. The van der Waals surface area contributed by atoms with Crippen molar-refractivity contribution in [3.8, 4) is 65.1 Å². The first-order valence-corrected chi connectivity index (χ1v) is 53.4. The van der Waals surface area contributed by atoms with Crippen molar-refractivity contribution in [2.45, 2.75) is 262 Å². The fraction of sp³-hybridized carbons (Fsp3) is 0.812. The van der Waals surface area contributed by atoms with E-state index in [1.54, 1.807) is 91.5 Å². The number of hydrogen-bond donors (Lipinski definition) is 5. The maximum atomic E-state index is 6.18. The molecule has 1 fully saturated rings. The van der Waals surface area contributed by atoms with E-state index in [1.807, 2.05) is 46.7 Å². The molecule has 0 radical (unpaired) electrons. The molecule has 0 aliphatic heterocycles. The summed E-state index contributed by atoms with van der Waals surface area (Å²) >= 11 is 22.6. The molecule has 0 bridgehead atoms. The Morgan fingerprint density at radius 3 is 0.809 bits per heavy atom. The van der Waals surface area contributed by atoms with Crippen molar-refractivity contribution >= 4 is 94.4 Å². The predicted molar refractivity (Wildman–Crippen MR) is 457 cm³/mol. The molecule has 1 aliphatic carbocycles. The SMILES string of the molecule is CC#CC#CC[Si](C)(C)NC(C)C.CC#CC#CC[Si](C)(C)NC(C)C.CC(C)N.CC(C)N[Si](C)(C)CCl.CC(C)N[Si](C)(C)CCl.CC(C)[N-][Si](C)(C)CC1CCCC1.C[N-]C.C[N-]C.C[N-]C.C[N-]C.C[N-]C.C[N-]C.C[Si](C)(Cl)CCl.[C-]#CC#CC.[CH3-].[HH].[HH].[HH].[Na+].[Zr+4].[Zr+4]. The molecule has 1 aliphatic rings. The van der Waals surface area contributed by atoms with Gasteiger partial charge in [-0.3, -0.25) is 11.8 Å². The second-order valence-corrected chi connectivity index (χ2v) is 57.3. The number of alkyl halides is 3. The van der Waals surface area contributed by atoms with Crippen molar-refractivity contribution in [3.63, 3.8) is 0 Å². The minimum Gasteiger partial charge on any atom is -0.668 e. The Balaban J connectivity index is -0.0000000377. The van der Waals surface area contributed by atoms with Gasteiger partial charge in [0.15, 0.2) is 7.38 Å². The van der Waals surface area contributed by atoms with E-state index in [9.17, 15) is 0 Å². The van der Waals surface area contributed by atoms with Crippen LogP contribution in [0.5, 0.6) is 0 Å². The zero-order chi connectivity index (χ0) is 74.7. The van der Waals surface area contributed by atoms with Crippen molar-refractivity contribution in [1.82, 2.24) is 19.9 Å². The third-order valence-corrected chi connectivity index (χ3v) is 27.5. The molecule has 556 valence electrons. The van der Waals surface area contributed by atoms with Crippen LogP contribution in [0.15, 0.2) is 0 Å². The molecule has 1 saturated carbocycles. The van der Waals surface area contributed by atoms with E-state index in [1.165, 1.54) is 31.7 Å². The second kappa shape index (κ2) is 101. The molecule has 25 heteroatoms. The Hall–Kier alpha value is 2.11. The predicted octanol–water partition coefficient (Wildman–Crippen LogP) is 17.6. The molecule has 0 amide bonds. The molecule has 1 rings (SSSR count). The number of rotatable bonds is 17. The van der Waals surface area contributed by atoms with Gasteiger partial charge in [0.2, 0.25) is 0 Å².